The summed E-state index contributed by atoms with van der Waals surface area (Å²) in [5, 5.41) is 1.93. The van der Waals surface area contributed by atoms with Crippen LogP contribution in [0.3, 0.4) is 0 Å². The maximum Gasteiger partial charge on any atom is 0.127 e. The molecule has 3 rings (SSSR count). The Morgan fingerprint density at radius 2 is 1.76 bits per heavy atom. The van der Waals surface area contributed by atoms with E-state index in [2.05, 4.69) is 15.9 Å². The molecule has 2 nitrogen and oxygen atoms in total. The summed E-state index contributed by atoms with van der Waals surface area (Å²) in [5.41, 5.74) is 7.58. The highest BCUT2D eigenvalue weighted by molar-refractivity contribution is 9.10. The lowest BCUT2D eigenvalue weighted by Crippen LogP contribution is -1.98. The van der Waals surface area contributed by atoms with Gasteiger partial charge >= 0.3 is 0 Å². The smallest absolute Gasteiger partial charge is 0.127 e. The van der Waals surface area contributed by atoms with Gasteiger partial charge in [-0.3, -0.25) is 0 Å². The molecule has 0 aliphatic heterocycles. The summed E-state index contributed by atoms with van der Waals surface area (Å²) in [6, 6.07) is 16.1. The van der Waals surface area contributed by atoms with Crippen LogP contribution in [0.1, 0.15) is 5.56 Å². The van der Waals surface area contributed by atoms with E-state index in [0.29, 0.717) is 11.1 Å². The molecule has 0 aliphatic rings. The van der Waals surface area contributed by atoms with Crippen molar-refractivity contribution in [1.82, 2.24) is 0 Å². The van der Waals surface area contributed by atoms with Gasteiger partial charge < -0.3 is 10.5 Å². The Morgan fingerprint density at radius 3 is 2.52 bits per heavy atom. The van der Waals surface area contributed by atoms with Crippen molar-refractivity contribution in [3.05, 3.63) is 70.5 Å². The SMILES string of the molecule is Nc1ccc(OCc2ccc(F)cc2Br)c2ccccc12. The highest BCUT2D eigenvalue weighted by Gasteiger charge is 2.07. The monoisotopic (exact) mass is 345 g/mol. The number of nitrogens with two attached hydrogens (primary N) is 1. The van der Waals surface area contributed by atoms with Gasteiger partial charge in [0.15, 0.2) is 0 Å². The van der Waals surface area contributed by atoms with Crippen molar-refractivity contribution in [3.63, 3.8) is 0 Å². The molecule has 0 saturated carbocycles. The molecule has 0 unspecified atom stereocenters. The number of anilines is 1. The molecule has 0 aromatic heterocycles. The second-order valence-electron chi connectivity index (χ2n) is 4.72. The third-order valence-electron chi connectivity index (χ3n) is 3.32. The van der Waals surface area contributed by atoms with Crippen LogP contribution < -0.4 is 10.5 Å². The van der Waals surface area contributed by atoms with Crippen molar-refractivity contribution in [2.75, 3.05) is 5.73 Å². The number of hydrogen-bond acceptors (Lipinski definition) is 2. The summed E-state index contributed by atoms with van der Waals surface area (Å²) in [7, 11) is 0. The predicted molar refractivity (Wildman–Crippen MR) is 86.8 cm³/mol. The Kier molecular flexibility index (Phi) is 3.80. The maximum atomic E-state index is 13.1. The molecule has 4 heteroatoms. The van der Waals surface area contributed by atoms with Crippen molar-refractivity contribution in [3.8, 4) is 5.75 Å². The molecule has 0 heterocycles. The molecule has 0 atom stereocenters. The number of nitrogen functional groups attached to an aromatic ring is 1. The predicted octanol–water partition coefficient (Wildman–Crippen LogP) is 4.90. The Hall–Kier alpha value is -2.07. The molecular weight excluding hydrogens is 333 g/mol. The van der Waals surface area contributed by atoms with Gasteiger partial charge in [0.2, 0.25) is 0 Å². The van der Waals surface area contributed by atoms with Crippen LogP contribution >= 0.6 is 15.9 Å². The average molecular weight is 346 g/mol. The van der Waals surface area contributed by atoms with E-state index in [-0.39, 0.29) is 5.82 Å². The van der Waals surface area contributed by atoms with Gasteiger partial charge in [-0.2, -0.15) is 0 Å². The van der Waals surface area contributed by atoms with E-state index in [0.717, 1.165) is 27.8 Å². The van der Waals surface area contributed by atoms with Crippen molar-refractivity contribution >= 4 is 32.4 Å². The first kappa shape index (κ1) is 13.9. The van der Waals surface area contributed by atoms with Gasteiger partial charge in [-0.15, -0.1) is 0 Å². The fourth-order valence-corrected chi connectivity index (χ4v) is 2.68. The van der Waals surface area contributed by atoms with Gasteiger partial charge in [0.1, 0.15) is 18.2 Å². The van der Waals surface area contributed by atoms with Crippen LogP contribution in [0.25, 0.3) is 10.8 Å². The standard InChI is InChI=1S/C17H13BrFNO/c18-15-9-12(19)6-5-11(15)10-21-17-8-7-16(20)13-3-1-2-4-14(13)17/h1-9H,10,20H2. The molecule has 0 saturated heterocycles. The molecule has 0 amide bonds. The topological polar surface area (TPSA) is 35.2 Å². The zero-order valence-electron chi connectivity index (χ0n) is 11.1. The van der Waals surface area contributed by atoms with Gasteiger partial charge in [0.05, 0.1) is 0 Å². The van der Waals surface area contributed by atoms with Crippen LogP contribution in [0.2, 0.25) is 0 Å². The zero-order chi connectivity index (χ0) is 14.8. The highest BCUT2D eigenvalue weighted by atomic mass is 79.9. The normalized spacial score (nSPS) is 10.8. The molecule has 2 N–H and O–H groups in total. The average Bonchev–Trinajstić information content (AvgIpc) is 2.48. The number of benzene rings is 3. The number of rotatable bonds is 3. The third kappa shape index (κ3) is 2.85. The van der Waals surface area contributed by atoms with Crippen LogP contribution in [0, 0.1) is 5.82 Å². The van der Waals surface area contributed by atoms with E-state index in [1.165, 1.54) is 12.1 Å². The Bertz CT molecular complexity index is 804. The molecule has 0 radical (unpaired) electrons. The van der Waals surface area contributed by atoms with E-state index < -0.39 is 0 Å². The van der Waals surface area contributed by atoms with Crippen LogP contribution in [0.5, 0.6) is 5.75 Å². The number of halogens is 2. The van der Waals surface area contributed by atoms with Crippen LogP contribution in [-0.4, -0.2) is 0 Å². The van der Waals surface area contributed by atoms with Gasteiger partial charge in [-0.25, -0.2) is 4.39 Å². The van der Waals surface area contributed by atoms with E-state index >= 15 is 0 Å². The second-order valence-corrected chi connectivity index (χ2v) is 5.58. The van der Waals surface area contributed by atoms with Gasteiger partial charge in [0, 0.05) is 26.5 Å². The Morgan fingerprint density at radius 1 is 1.00 bits per heavy atom. The van der Waals surface area contributed by atoms with Crippen LogP contribution in [-0.2, 0) is 6.61 Å². The van der Waals surface area contributed by atoms with Crippen molar-refractivity contribution < 1.29 is 9.13 Å². The van der Waals surface area contributed by atoms with Gasteiger partial charge in [-0.05, 0) is 24.3 Å². The summed E-state index contributed by atoms with van der Waals surface area (Å²) < 4.78 is 19.6. The van der Waals surface area contributed by atoms with Gasteiger partial charge in [0.25, 0.3) is 0 Å². The first-order chi connectivity index (χ1) is 10.1. The summed E-state index contributed by atoms with van der Waals surface area (Å²) in [6.45, 7) is 0.356. The lowest BCUT2D eigenvalue weighted by molar-refractivity contribution is 0.309. The molecule has 21 heavy (non-hydrogen) atoms. The largest absolute Gasteiger partial charge is 0.488 e. The lowest BCUT2D eigenvalue weighted by atomic mass is 10.1. The van der Waals surface area contributed by atoms with Crippen molar-refractivity contribution in [1.29, 1.82) is 0 Å². The fourth-order valence-electron chi connectivity index (χ4n) is 2.21. The quantitative estimate of drug-likeness (QED) is 0.685. The molecular formula is C17H13BrFNO. The van der Waals surface area contributed by atoms with Gasteiger partial charge in [-0.1, -0.05) is 46.3 Å². The molecule has 0 bridgehead atoms. The Labute approximate surface area is 130 Å². The van der Waals surface area contributed by atoms with Crippen molar-refractivity contribution in [2.24, 2.45) is 0 Å². The fraction of sp³-hybridized carbons (Fsp3) is 0.0588. The minimum atomic E-state index is -0.274. The summed E-state index contributed by atoms with van der Waals surface area (Å²) >= 11 is 3.34. The van der Waals surface area contributed by atoms with Crippen LogP contribution in [0.4, 0.5) is 10.1 Å². The van der Waals surface area contributed by atoms with E-state index in [4.69, 9.17) is 10.5 Å². The molecule has 3 aromatic carbocycles. The van der Waals surface area contributed by atoms with Crippen LogP contribution in [0.15, 0.2) is 59.1 Å². The summed E-state index contributed by atoms with van der Waals surface area (Å²) in [5.74, 6) is 0.486. The molecule has 106 valence electrons. The maximum absolute atomic E-state index is 13.1. The molecule has 3 aromatic rings. The van der Waals surface area contributed by atoms with Crippen molar-refractivity contribution in [2.45, 2.75) is 6.61 Å². The van der Waals surface area contributed by atoms with E-state index in [1.54, 1.807) is 6.07 Å². The first-order valence-corrected chi connectivity index (χ1v) is 7.28. The minimum absolute atomic E-state index is 0.274. The highest BCUT2D eigenvalue weighted by Crippen LogP contribution is 2.31. The Balaban J connectivity index is 1.90. The third-order valence-corrected chi connectivity index (χ3v) is 4.05. The molecule has 0 fully saturated rings. The van der Waals surface area contributed by atoms with E-state index in [1.807, 2.05) is 36.4 Å². The van der Waals surface area contributed by atoms with E-state index in [9.17, 15) is 4.39 Å². The number of ether oxygens (including phenoxy) is 1. The first-order valence-electron chi connectivity index (χ1n) is 6.49. The molecule has 0 aliphatic carbocycles. The number of fused-ring (bicyclic) bond motifs is 1. The zero-order valence-corrected chi connectivity index (χ0v) is 12.7. The summed E-state index contributed by atoms with van der Waals surface area (Å²) in [4.78, 5) is 0. The lowest BCUT2D eigenvalue weighted by Gasteiger charge is -2.12. The summed E-state index contributed by atoms with van der Waals surface area (Å²) in [6.07, 6.45) is 0. The number of hydrogen-bond donors (Lipinski definition) is 1. The molecule has 0 spiro atoms. The minimum Gasteiger partial charge on any atom is -0.488 e. The second kappa shape index (κ2) is 5.74.